The van der Waals surface area contributed by atoms with Crippen LogP contribution in [0, 0.1) is 18.6 Å². The number of halogens is 2. The minimum absolute atomic E-state index is 0.0204. The molecule has 3 amide bonds. The molecular weight excluding hydrogens is 572 g/mol. The monoisotopic (exact) mass is 595 g/mol. The molecule has 5 rings (SSSR count). The molecule has 0 radical (unpaired) electrons. The summed E-state index contributed by atoms with van der Waals surface area (Å²) in [4.78, 5) is 41.5. The van der Waals surface area contributed by atoms with Crippen molar-refractivity contribution in [1.82, 2.24) is 25.3 Å². The molecule has 5 aromatic rings. The van der Waals surface area contributed by atoms with Gasteiger partial charge in [-0.1, -0.05) is 17.4 Å². The van der Waals surface area contributed by atoms with Crippen LogP contribution in [0.15, 0.2) is 54.3 Å². The van der Waals surface area contributed by atoms with E-state index in [1.165, 1.54) is 41.9 Å². The molecule has 0 aliphatic heterocycles. The predicted octanol–water partition coefficient (Wildman–Crippen LogP) is 5.87. The van der Waals surface area contributed by atoms with Crippen molar-refractivity contribution >= 4 is 45.4 Å². The van der Waals surface area contributed by atoms with E-state index in [1.54, 1.807) is 43.0 Å². The Morgan fingerprint density at radius 3 is 2.73 bits per heavy atom. The molecule has 3 heterocycles. The Morgan fingerprint density at radius 1 is 1.10 bits per heavy atom. The van der Waals surface area contributed by atoms with Crippen molar-refractivity contribution in [2.24, 2.45) is 0 Å². The first-order valence-corrected chi connectivity index (χ1v) is 13.9. The summed E-state index contributed by atoms with van der Waals surface area (Å²) in [7, 11) is 1.47. The summed E-state index contributed by atoms with van der Waals surface area (Å²) in [6.07, 6.45) is 3.86. The molecule has 10 nitrogen and oxygen atoms in total. The summed E-state index contributed by atoms with van der Waals surface area (Å²) in [5.41, 5.74) is 1.88. The highest BCUT2D eigenvalue weighted by molar-refractivity contribution is 7.23. The number of imidazole rings is 1. The van der Waals surface area contributed by atoms with Gasteiger partial charge in [0.2, 0.25) is 0 Å². The molecule has 0 aliphatic carbocycles. The van der Waals surface area contributed by atoms with Gasteiger partial charge in [-0.05, 0) is 31.2 Å². The van der Waals surface area contributed by atoms with Crippen LogP contribution in [-0.2, 0) is 6.42 Å². The van der Waals surface area contributed by atoms with Crippen LogP contribution >= 0.6 is 22.7 Å². The van der Waals surface area contributed by atoms with Crippen LogP contribution in [0.5, 0.6) is 5.75 Å². The maximum absolute atomic E-state index is 14.8. The molecule has 0 unspecified atom stereocenters. The third-order valence-electron chi connectivity index (χ3n) is 5.86. The average molecular weight is 596 g/mol. The molecule has 0 atom stereocenters. The second-order valence-corrected chi connectivity index (χ2v) is 10.5. The molecule has 4 N–H and O–H groups in total. The number of methoxy groups -OCH3 is 1. The fourth-order valence-electron chi connectivity index (χ4n) is 3.82. The summed E-state index contributed by atoms with van der Waals surface area (Å²) >= 11 is 2.48. The Morgan fingerprint density at radius 2 is 1.95 bits per heavy atom. The van der Waals surface area contributed by atoms with Crippen molar-refractivity contribution in [3.63, 3.8) is 0 Å². The number of nitrogens with one attached hydrogen (secondary N) is 4. The molecule has 210 valence electrons. The van der Waals surface area contributed by atoms with Crippen LogP contribution in [0.2, 0.25) is 0 Å². The largest absolute Gasteiger partial charge is 0.497 e. The van der Waals surface area contributed by atoms with E-state index >= 15 is 0 Å². The number of benzene rings is 2. The smallest absolute Gasteiger partial charge is 0.321 e. The minimum Gasteiger partial charge on any atom is -0.497 e. The molecule has 0 saturated carbocycles. The number of H-pyrrole nitrogens is 1. The summed E-state index contributed by atoms with van der Waals surface area (Å²) in [6, 6.07) is 7.89. The number of carbonyl (C=O) groups is 2. The number of urea groups is 1. The van der Waals surface area contributed by atoms with Crippen molar-refractivity contribution in [2.75, 3.05) is 24.3 Å². The van der Waals surface area contributed by atoms with E-state index in [4.69, 9.17) is 4.74 Å². The van der Waals surface area contributed by atoms with E-state index in [0.717, 1.165) is 5.69 Å². The number of aromatic nitrogens is 4. The molecule has 0 bridgehead atoms. The van der Waals surface area contributed by atoms with Crippen molar-refractivity contribution in [2.45, 2.75) is 13.3 Å². The number of aryl methyl sites for hydroxylation is 1. The zero-order chi connectivity index (χ0) is 28.9. The summed E-state index contributed by atoms with van der Waals surface area (Å²) in [5.74, 6) is -1.86. The van der Waals surface area contributed by atoms with Crippen LogP contribution in [-0.4, -0.2) is 45.5 Å². The predicted molar refractivity (Wildman–Crippen MR) is 154 cm³/mol. The fraction of sp³-hybridized carbons (Fsp3) is 0.148. The maximum Gasteiger partial charge on any atom is 0.321 e. The van der Waals surface area contributed by atoms with Crippen molar-refractivity contribution < 1.29 is 23.1 Å². The highest BCUT2D eigenvalue weighted by atomic mass is 32.1. The number of carbonyl (C=O) groups excluding carboxylic acids is 2. The first kappa shape index (κ1) is 27.9. The first-order chi connectivity index (χ1) is 19.8. The van der Waals surface area contributed by atoms with E-state index in [2.05, 4.69) is 35.9 Å². The van der Waals surface area contributed by atoms with Gasteiger partial charge in [-0.15, -0.1) is 11.3 Å². The van der Waals surface area contributed by atoms with E-state index in [0.29, 0.717) is 45.5 Å². The number of ether oxygens (including phenoxy) is 1. The molecule has 14 heteroatoms. The number of hydrogen-bond donors (Lipinski definition) is 4. The lowest BCUT2D eigenvalue weighted by atomic mass is 10.1. The van der Waals surface area contributed by atoms with E-state index in [1.807, 2.05) is 0 Å². The van der Waals surface area contributed by atoms with Gasteiger partial charge >= 0.3 is 6.03 Å². The summed E-state index contributed by atoms with van der Waals surface area (Å²) in [6.45, 7) is 2.19. The maximum atomic E-state index is 14.8. The third-order valence-corrected chi connectivity index (χ3v) is 7.93. The zero-order valence-corrected chi connectivity index (χ0v) is 23.4. The van der Waals surface area contributed by atoms with Gasteiger partial charge in [0.25, 0.3) is 5.91 Å². The van der Waals surface area contributed by atoms with Crippen LogP contribution < -0.4 is 20.7 Å². The topological polar surface area (TPSA) is 134 Å². The molecule has 41 heavy (non-hydrogen) atoms. The number of aromatic amines is 1. The number of thiazole rings is 2. The number of hydrogen-bond acceptors (Lipinski definition) is 8. The number of nitrogens with zero attached hydrogens (tertiary/aromatic N) is 3. The first-order valence-electron chi connectivity index (χ1n) is 12.2. The fourth-order valence-corrected chi connectivity index (χ4v) is 5.75. The lowest BCUT2D eigenvalue weighted by Crippen LogP contribution is -2.30. The van der Waals surface area contributed by atoms with Crippen LogP contribution in [0.3, 0.4) is 0 Å². The molecule has 2 aromatic carbocycles. The van der Waals surface area contributed by atoms with E-state index < -0.39 is 23.6 Å². The standard InChI is InChI=1S/C27H23F2N7O3S2/c1-14-23(41-27(33-14)36-26(38)31-7-6-16-11-30-13-32-16)25-35-22(12-40-25)18-9-21(20(29)10-19(18)28)34-24(37)15-4-3-5-17(8-15)39-2/h3-5,8-13H,6-7H2,1-2H3,(H,30,32)(H,34,37)(H2,31,33,36,38). The van der Waals surface area contributed by atoms with Crippen LogP contribution in [0.4, 0.5) is 24.4 Å². The molecule has 0 spiro atoms. The highest BCUT2D eigenvalue weighted by Crippen LogP contribution is 2.38. The summed E-state index contributed by atoms with van der Waals surface area (Å²) in [5, 5.41) is 10.5. The van der Waals surface area contributed by atoms with Crippen LogP contribution in [0.1, 0.15) is 21.7 Å². The van der Waals surface area contributed by atoms with Gasteiger partial charge in [0.05, 0.1) is 35.4 Å². The zero-order valence-electron chi connectivity index (χ0n) is 21.7. The lowest BCUT2D eigenvalue weighted by Gasteiger charge is -2.10. The Balaban J connectivity index is 1.29. The Hall–Kier alpha value is -4.69. The average Bonchev–Trinajstić information content (AvgIpc) is 3.72. The molecular formula is C27H23F2N7O3S2. The van der Waals surface area contributed by atoms with Gasteiger partial charge in [-0.3, -0.25) is 10.1 Å². The number of rotatable bonds is 9. The van der Waals surface area contributed by atoms with Crippen molar-refractivity contribution in [1.29, 1.82) is 0 Å². The normalized spacial score (nSPS) is 10.8. The molecule has 3 aromatic heterocycles. The highest BCUT2D eigenvalue weighted by Gasteiger charge is 2.19. The molecule has 0 aliphatic rings. The third kappa shape index (κ3) is 6.56. The number of amides is 3. The van der Waals surface area contributed by atoms with E-state index in [9.17, 15) is 18.4 Å². The number of anilines is 2. The second kappa shape index (κ2) is 12.2. The van der Waals surface area contributed by atoms with Crippen molar-refractivity contribution in [3.05, 3.63) is 82.9 Å². The van der Waals surface area contributed by atoms with E-state index in [-0.39, 0.29) is 22.5 Å². The SMILES string of the molecule is COc1cccc(C(=O)Nc2cc(-c3csc(-c4sc(NC(=O)NCCc5cnc[nH]5)nc4C)n3)c(F)cc2F)c1. The Labute approximate surface area is 240 Å². The van der Waals surface area contributed by atoms with Crippen molar-refractivity contribution in [3.8, 4) is 26.9 Å². The Kier molecular flexibility index (Phi) is 8.31. The van der Waals surface area contributed by atoms with Crippen LogP contribution in [0.25, 0.3) is 21.1 Å². The lowest BCUT2D eigenvalue weighted by molar-refractivity contribution is 0.102. The van der Waals surface area contributed by atoms with Gasteiger partial charge in [0, 0.05) is 47.4 Å². The Bertz CT molecular complexity index is 1700. The van der Waals surface area contributed by atoms with Gasteiger partial charge in [0.15, 0.2) is 5.13 Å². The van der Waals surface area contributed by atoms with Gasteiger partial charge in [0.1, 0.15) is 22.4 Å². The molecule has 0 saturated heterocycles. The second-order valence-electron chi connectivity index (χ2n) is 8.68. The van der Waals surface area contributed by atoms with Gasteiger partial charge < -0.3 is 20.4 Å². The van der Waals surface area contributed by atoms with Gasteiger partial charge in [-0.2, -0.15) is 0 Å². The summed E-state index contributed by atoms with van der Waals surface area (Å²) < 4.78 is 34.6. The minimum atomic E-state index is -0.921. The molecule has 0 fully saturated rings. The quantitative estimate of drug-likeness (QED) is 0.168. The van der Waals surface area contributed by atoms with Gasteiger partial charge in [-0.25, -0.2) is 28.5 Å².